The van der Waals surface area contributed by atoms with E-state index in [1.165, 1.54) is 28.0 Å². The summed E-state index contributed by atoms with van der Waals surface area (Å²) in [6.07, 6.45) is 0. The number of carbonyl (C=O) groups excluding carboxylic acids is 1. The lowest BCUT2D eigenvalue weighted by Crippen LogP contribution is -2.37. The number of aryl methyl sites for hydroxylation is 1. The fraction of sp³-hybridized carbons (Fsp3) is 0.278. The Morgan fingerprint density at radius 1 is 1.00 bits per heavy atom. The minimum Gasteiger partial charge on any atom is -0.288 e. The molecule has 140 valence electrons. The first-order valence-electron chi connectivity index (χ1n) is 8.41. The molecule has 2 aromatic carbocycles. The van der Waals surface area contributed by atoms with E-state index in [1.54, 1.807) is 12.1 Å². The third-order valence-corrected chi connectivity index (χ3v) is 6.67. The molecule has 2 atom stereocenters. The number of hydrogen-bond acceptors (Lipinski definition) is 5. The predicted octanol–water partition coefficient (Wildman–Crippen LogP) is 2.52. The number of carbonyl (C=O) groups is 1. The minimum absolute atomic E-state index is 0.122. The number of nitro groups is 1. The van der Waals surface area contributed by atoms with Gasteiger partial charge in [0, 0.05) is 17.8 Å². The van der Waals surface area contributed by atoms with Gasteiger partial charge in [0.05, 0.1) is 34.2 Å². The van der Waals surface area contributed by atoms with Gasteiger partial charge in [-0.05, 0) is 30.7 Å². The van der Waals surface area contributed by atoms with Crippen LogP contribution in [0.1, 0.15) is 5.56 Å². The van der Waals surface area contributed by atoms with Crippen LogP contribution in [0.25, 0.3) is 0 Å². The van der Waals surface area contributed by atoms with Crippen LogP contribution in [-0.2, 0) is 9.84 Å². The summed E-state index contributed by atoms with van der Waals surface area (Å²) in [5.74, 6) is -0.281. The SMILES string of the molecule is Cc1cccc(N2C(=O)N(c3cccc([N+](=O)[O-])c3)C3CS(=O)(=O)CC32)c1. The second kappa shape index (κ2) is 6.05. The highest BCUT2D eigenvalue weighted by molar-refractivity contribution is 7.91. The van der Waals surface area contributed by atoms with Gasteiger partial charge >= 0.3 is 6.03 Å². The summed E-state index contributed by atoms with van der Waals surface area (Å²) in [5.41, 5.74) is 1.76. The van der Waals surface area contributed by atoms with E-state index in [9.17, 15) is 23.3 Å². The molecule has 2 amide bonds. The van der Waals surface area contributed by atoms with Crippen LogP contribution in [-0.4, -0.2) is 43.0 Å². The third-order valence-electron chi connectivity index (χ3n) is 4.97. The molecular weight excluding hydrogens is 370 g/mol. The molecule has 2 fully saturated rings. The predicted molar refractivity (Wildman–Crippen MR) is 101 cm³/mol. The first kappa shape index (κ1) is 17.5. The van der Waals surface area contributed by atoms with Crippen LogP contribution >= 0.6 is 0 Å². The summed E-state index contributed by atoms with van der Waals surface area (Å²) >= 11 is 0. The fourth-order valence-electron chi connectivity index (χ4n) is 3.84. The second-order valence-electron chi connectivity index (χ2n) is 6.85. The Balaban J connectivity index is 1.82. The Morgan fingerprint density at radius 2 is 1.56 bits per heavy atom. The molecule has 2 aliphatic rings. The molecule has 2 saturated heterocycles. The van der Waals surface area contributed by atoms with E-state index in [0.717, 1.165) is 5.56 Å². The van der Waals surface area contributed by atoms with Crippen molar-refractivity contribution in [1.29, 1.82) is 0 Å². The molecule has 4 rings (SSSR count). The first-order valence-corrected chi connectivity index (χ1v) is 10.2. The molecular formula is C18H17N3O5S. The number of rotatable bonds is 3. The normalized spacial score (nSPS) is 23.5. The number of non-ortho nitro benzene ring substituents is 1. The van der Waals surface area contributed by atoms with E-state index in [4.69, 9.17) is 0 Å². The van der Waals surface area contributed by atoms with Crippen LogP contribution < -0.4 is 9.80 Å². The van der Waals surface area contributed by atoms with Gasteiger partial charge < -0.3 is 0 Å². The molecule has 0 spiro atoms. The highest BCUT2D eigenvalue weighted by Gasteiger charge is 2.54. The van der Waals surface area contributed by atoms with Crippen molar-refractivity contribution >= 4 is 32.9 Å². The Bertz CT molecular complexity index is 1050. The summed E-state index contributed by atoms with van der Waals surface area (Å²) in [4.78, 5) is 26.7. The number of nitro benzene ring substituents is 1. The van der Waals surface area contributed by atoms with Gasteiger partial charge in [-0.3, -0.25) is 19.9 Å². The van der Waals surface area contributed by atoms with Gasteiger partial charge in [-0.15, -0.1) is 0 Å². The minimum atomic E-state index is -3.32. The van der Waals surface area contributed by atoms with E-state index in [2.05, 4.69) is 0 Å². The zero-order valence-corrected chi connectivity index (χ0v) is 15.3. The Morgan fingerprint density at radius 3 is 2.11 bits per heavy atom. The monoisotopic (exact) mass is 387 g/mol. The summed E-state index contributed by atoms with van der Waals surface area (Å²) in [7, 11) is -3.32. The summed E-state index contributed by atoms with van der Waals surface area (Å²) in [6.45, 7) is 1.89. The van der Waals surface area contributed by atoms with Gasteiger partial charge in [0.15, 0.2) is 9.84 Å². The van der Waals surface area contributed by atoms with E-state index in [-0.39, 0.29) is 23.2 Å². The number of hydrogen-bond donors (Lipinski definition) is 0. The zero-order chi connectivity index (χ0) is 19.3. The maximum Gasteiger partial charge on any atom is 0.329 e. The molecule has 9 heteroatoms. The van der Waals surface area contributed by atoms with E-state index >= 15 is 0 Å². The third kappa shape index (κ3) is 2.93. The van der Waals surface area contributed by atoms with Crippen LogP contribution in [0.4, 0.5) is 21.9 Å². The van der Waals surface area contributed by atoms with Crippen LogP contribution in [0.2, 0.25) is 0 Å². The van der Waals surface area contributed by atoms with Crippen molar-refractivity contribution in [3.05, 3.63) is 64.2 Å². The van der Waals surface area contributed by atoms with Crippen LogP contribution in [0.5, 0.6) is 0 Å². The summed E-state index contributed by atoms with van der Waals surface area (Å²) < 4.78 is 24.5. The van der Waals surface area contributed by atoms with Gasteiger partial charge in [-0.2, -0.15) is 0 Å². The summed E-state index contributed by atoms with van der Waals surface area (Å²) in [5, 5.41) is 11.1. The largest absolute Gasteiger partial charge is 0.329 e. The number of anilines is 2. The molecule has 0 N–H and O–H groups in total. The average molecular weight is 387 g/mol. The Hall–Kier alpha value is -2.94. The second-order valence-corrected chi connectivity index (χ2v) is 9.00. The molecule has 0 aromatic heterocycles. The van der Waals surface area contributed by atoms with Crippen molar-refractivity contribution in [2.75, 3.05) is 21.3 Å². The number of benzene rings is 2. The van der Waals surface area contributed by atoms with Crippen molar-refractivity contribution in [2.24, 2.45) is 0 Å². The van der Waals surface area contributed by atoms with Crippen molar-refractivity contribution in [2.45, 2.75) is 19.0 Å². The maximum absolute atomic E-state index is 13.2. The molecule has 8 nitrogen and oxygen atoms in total. The lowest BCUT2D eigenvalue weighted by atomic mass is 10.1. The lowest BCUT2D eigenvalue weighted by Gasteiger charge is -2.22. The van der Waals surface area contributed by atoms with Crippen molar-refractivity contribution in [1.82, 2.24) is 0 Å². The van der Waals surface area contributed by atoms with Gasteiger partial charge in [0.2, 0.25) is 0 Å². The smallest absolute Gasteiger partial charge is 0.288 e. The highest BCUT2D eigenvalue weighted by atomic mass is 32.2. The van der Waals surface area contributed by atoms with Gasteiger partial charge in [0.25, 0.3) is 5.69 Å². The van der Waals surface area contributed by atoms with Gasteiger partial charge in [0.1, 0.15) is 0 Å². The molecule has 2 unspecified atom stereocenters. The molecule has 0 radical (unpaired) electrons. The van der Waals surface area contributed by atoms with Crippen molar-refractivity contribution < 1.29 is 18.1 Å². The van der Waals surface area contributed by atoms with Crippen LogP contribution in [0.15, 0.2) is 48.5 Å². The molecule has 0 bridgehead atoms. The Kier molecular flexibility index (Phi) is 3.92. The standard InChI is InChI=1S/C18H17N3O5S/c1-12-4-2-5-13(8-12)19-16-10-27(25,26)11-17(16)20(18(19)22)14-6-3-7-15(9-14)21(23)24/h2-9,16-17H,10-11H2,1H3. The topological polar surface area (TPSA) is 101 Å². The number of amides is 2. The molecule has 0 saturated carbocycles. The number of fused-ring (bicyclic) bond motifs is 1. The van der Waals surface area contributed by atoms with Crippen molar-refractivity contribution in [3.63, 3.8) is 0 Å². The molecule has 2 heterocycles. The molecule has 2 aliphatic heterocycles. The maximum atomic E-state index is 13.2. The first-order chi connectivity index (χ1) is 12.8. The van der Waals surface area contributed by atoms with Crippen LogP contribution in [0.3, 0.4) is 0 Å². The molecule has 27 heavy (non-hydrogen) atoms. The van der Waals surface area contributed by atoms with E-state index in [1.807, 2.05) is 25.1 Å². The van der Waals surface area contributed by atoms with E-state index < -0.39 is 26.8 Å². The Labute approximate surface area is 156 Å². The van der Waals surface area contributed by atoms with E-state index in [0.29, 0.717) is 11.4 Å². The van der Waals surface area contributed by atoms with Gasteiger partial charge in [-0.1, -0.05) is 18.2 Å². The molecule has 2 aromatic rings. The zero-order valence-electron chi connectivity index (χ0n) is 14.5. The highest BCUT2D eigenvalue weighted by Crippen LogP contribution is 2.38. The number of nitrogens with zero attached hydrogens (tertiary/aromatic N) is 3. The summed E-state index contributed by atoms with van der Waals surface area (Å²) in [6, 6.07) is 11.6. The van der Waals surface area contributed by atoms with Gasteiger partial charge in [-0.25, -0.2) is 13.2 Å². The average Bonchev–Trinajstić information content (AvgIpc) is 3.03. The number of urea groups is 1. The fourth-order valence-corrected chi connectivity index (χ4v) is 5.76. The van der Waals surface area contributed by atoms with Crippen LogP contribution in [0, 0.1) is 17.0 Å². The quantitative estimate of drug-likeness (QED) is 0.458. The lowest BCUT2D eigenvalue weighted by molar-refractivity contribution is -0.384. The number of sulfone groups is 1. The molecule has 0 aliphatic carbocycles. The van der Waals surface area contributed by atoms with Crippen molar-refractivity contribution in [3.8, 4) is 0 Å².